The van der Waals surface area contributed by atoms with Crippen molar-refractivity contribution in [2.24, 2.45) is 11.8 Å². The van der Waals surface area contributed by atoms with Crippen LogP contribution in [0.3, 0.4) is 0 Å². The van der Waals surface area contributed by atoms with Gasteiger partial charge in [0.05, 0.1) is 9.82 Å². The minimum Gasteiger partial charge on any atom is -0.393 e. The number of nitrogens with zero attached hydrogens (tertiary/aromatic N) is 2. The van der Waals surface area contributed by atoms with Crippen molar-refractivity contribution in [2.75, 3.05) is 18.8 Å². The topological polar surface area (TPSA) is 107 Å². The van der Waals surface area contributed by atoms with Gasteiger partial charge < -0.3 is 5.73 Å². The lowest BCUT2D eigenvalue weighted by molar-refractivity contribution is -0.384. The summed E-state index contributed by atoms with van der Waals surface area (Å²) in [5.41, 5.74) is 5.12. The predicted octanol–water partition coefficient (Wildman–Crippen LogP) is 1.60. The maximum Gasteiger partial charge on any atom is 0.293 e. The van der Waals surface area contributed by atoms with Gasteiger partial charge in [-0.2, -0.15) is 4.31 Å². The van der Waals surface area contributed by atoms with Crippen LogP contribution in [0.1, 0.15) is 19.3 Å². The van der Waals surface area contributed by atoms with Crippen LogP contribution >= 0.6 is 0 Å². The molecule has 0 amide bonds. The van der Waals surface area contributed by atoms with Gasteiger partial charge in [-0.15, -0.1) is 0 Å². The zero-order chi connectivity index (χ0) is 15.2. The summed E-state index contributed by atoms with van der Waals surface area (Å²) in [5.74, 6) is 0.868. The van der Waals surface area contributed by atoms with E-state index in [2.05, 4.69) is 0 Å². The maximum atomic E-state index is 12.6. The van der Waals surface area contributed by atoms with E-state index < -0.39 is 14.9 Å². The SMILES string of the molecule is Nc1ccc(S(=O)(=O)N2CC3CCCC3C2)cc1[N+](=O)[O-]. The van der Waals surface area contributed by atoms with Gasteiger partial charge in [0, 0.05) is 19.2 Å². The Morgan fingerprint density at radius 2 is 1.86 bits per heavy atom. The van der Waals surface area contributed by atoms with Crippen LogP contribution in [0.2, 0.25) is 0 Å². The van der Waals surface area contributed by atoms with Gasteiger partial charge in [-0.05, 0) is 36.8 Å². The third kappa shape index (κ3) is 2.38. The van der Waals surface area contributed by atoms with Crippen LogP contribution in [-0.4, -0.2) is 30.7 Å². The average molecular weight is 311 g/mol. The number of benzene rings is 1. The van der Waals surface area contributed by atoms with E-state index in [0.29, 0.717) is 24.9 Å². The molecule has 0 radical (unpaired) electrons. The fourth-order valence-corrected chi connectivity index (χ4v) is 4.95. The number of anilines is 1. The Hall–Kier alpha value is -1.67. The fraction of sp³-hybridized carbons (Fsp3) is 0.538. The molecule has 1 aliphatic carbocycles. The number of sulfonamides is 1. The second-order valence-electron chi connectivity index (χ2n) is 5.75. The molecule has 2 atom stereocenters. The van der Waals surface area contributed by atoms with Crippen molar-refractivity contribution in [2.45, 2.75) is 24.2 Å². The van der Waals surface area contributed by atoms with E-state index in [-0.39, 0.29) is 16.3 Å². The molecule has 1 aromatic carbocycles. The van der Waals surface area contributed by atoms with E-state index in [4.69, 9.17) is 5.73 Å². The minimum atomic E-state index is -3.68. The number of hydrogen-bond donors (Lipinski definition) is 1. The summed E-state index contributed by atoms with van der Waals surface area (Å²) in [6.45, 7) is 1.04. The molecule has 114 valence electrons. The Balaban J connectivity index is 1.92. The van der Waals surface area contributed by atoms with Gasteiger partial charge in [0.25, 0.3) is 5.69 Å². The zero-order valence-electron chi connectivity index (χ0n) is 11.4. The molecule has 2 unspecified atom stereocenters. The van der Waals surface area contributed by atoms with E-state index in [1.807, 2.05) is 0 Å². The second-order valence-corrected chi connectivity index (χ2v) is 7.69. The van der Waals surface area contributed by atoms with E-state index in [1.165, 1.54) is 16.4 Å². The van der Waals surface area contributed by atoms with Crippen molar-refractivity contribution in [3.8, 4) is 0 Å². The van der Waals surface area contributed by atoms with Gasteiger partial charge in [0.15, 0.2) is 0 Å². The normalized spacial score (nSPS) is 25.9. The van der Waals surface area contributed by atoms with Gasteiger partial charge in [-0.25, -0.2) is 8.42 Å². The van der Waals surface area contributed by atoms with E-state index >= 15 is 0 Å². The average Bonchev–Trinajstić information content (AvgIpc) is 2.99. The van der Waals surface area contributed by atoms with E-state index in [0.717, 1.165) is 25.3 Å². The number of rotatable bonds is 3. The number of hydrogen-bond acceptors (Lipinski definition) is 5. The molecule has 21 heavy (non-hydrogen) atoms. The molecular weight excluding hydrogens is 294 g/mol. The van der Waals surface area contributed by atoms with Crippen molar-refractivity contribution >= 4 is 21.4 Å². The van der Waals surface area contributed by atoms with Crippen molar-refractivity contribution in [1.82, 2.24) is 4.31 Å². The minimum absolute atomic E-state index is 0.0303. The van der Waals surface area contributed by atoms with E-state index in [1.54, 1.807) is 0 Å². The number of nitro groups is 1. The van der Waals surface area contributed by atoms with Crippen LogP contribution in [0.4, 0.5) is 11.4 Å². The Morgan fingerprint density at radius 1 is 1.24 bits per heavy atom. The molecule has 1 aliphatic heterocycles. The molecule has 8 heteroatoms. The van der Waals surface area contributed by atoms with Gasteiger partial charge >= 0.3 is 0 Å². The van der Waals surface area contributed by atoms with E-state index in [9.17, 15) is 18.5 Å². The third-order valence-electron chi connectivity index (χ3n) is 4.53. The Bertz CT molecular complexity index is 677. The zero-order valence-corrected chi connectivity index (χ0v) is 12.3. The lowest BCUT2D eigenvalue weighted by atomic mass is 10.0. The van der Waals surface area contributed by atoms with Gasteiger partial charge in [-0.1, -0.05) is 6.42 Å². The van der Waals surface area contributed by atoms with Gasteiger partial charge in [0.1, 0.15) is 5.69 Å². The summed E-state index contributed by atoms with van der Waals surface area (Å²) in [6.07, 6.45) is 3.30. The number of nitrogen functional groups attached to an aromatic ring is 1. The van der Waals surface area contributed by atoms with Crippen LogP contribution in [-0.2, 0) is 10.0 Å². The third-order valence-corrected chi connectivity index (χ3v) is 6.36. The first-order valence-corrected chi connectivity index (χ1v) is 8.37. The highest BCUT2D eigenvalue weighted by Crippen LogP contribution is 2.40. The summed E-state index contributed by atoms with van der Waals surface area (Å²) in [4.78, 5) is 10.2. The first-order valence-electron chi connectivity index (χ1n) is 6.93. The van der Waals surface area contributed by atoms with Crippen molar-refractivity contribution in [3.63, 3.8) is 0 Å². The molecule has 0 aromatic heterocycles. The molecular formula is C13H17N3O4S. The largest absolute Gasteiger partial charge is 0.393 e. The number of fused-ring (bicyclic) bond motifs is 1. The first kappa shape index (κ1) is 14.3. The van der Waals surface area contributed by atoms with Crippen LogP contribution in [0.25, 0.3) is 0 Å². The Morgan fingerprint density at radius 3 is 2.43 bits per heavy atom. The Labute approximate surface area is 122 Å². The summed E-state index contributed by atoms with van der Waals surface area (Å²) in [6, 6.07) is 3.67. The highest BCUT2D eigenvalue weighted by Gasteiger charge is 2.41. The van der Waals surface area contributed by atoms with Crippen molar-refractivity contribution < 1.29 is 13.3 Å². The van der Waals surface area contributed by atoms with Gasteiger partial charge in [0.2, 0.25) is 10.0 Å². The number of nitrogens with two attached hydrogens (primary N) is 1. The standard InChI is InChI=1S/C13H17N3O4S/c14-12-5-4-11(6-13(12)16(17)18)21(19,20)15-7-9-2-1-3-10(9)8-15/h4-6,9-10H,1-3,7-8,14H2. The highest BCUT2D eigenvalue weighted by molar-refractivity contribution is 7.89. The first-order chi connectivity index (χ1) is 9.89. The molecule has 7 nitrogen and oxygen atoms in total. The molecule has 1 saturated carbocycles. The quantitative estimate of drug-likeness (QED) is 0.518. The summed E-state index contributed by atoms with van der Waals surface area (Å²) in [7, 11) is -3.68. The lowest BCUT2D eigenvalue weighted by Crippen LogP contribution is -2.29. The fourth-order valence-electron chi connectivity index (χ4n) is 3.38. The van der Waals surface area contributed by atoms with Crippen LogP contribution < -0.4 is 5.73 Å². The molecule has 1 saturated heterocycles. The highest BCUT2D eigenvalue weighted by atomic mass is 32.2. The van der Waals surface area contributed by atoms with Crippen LogP contribution in [0.15, 0.2) is 23.1 Å². The summed E-state index contributed by atoms with van der Waals surface area (Å²) < 4.78 is 26.7. The number of nitro benzene ring substituents is 1. The molecule has 0 spiro atoms. The molecule has 2 aliphatic rings. The monoisotopic (exact) mass is 311 g/mol. The lowest BCUT2D eigenvalue weighted by Gasteiger charge is -2.17. The van der Waals surface area contributed by atoms with Crippen molar-refractivity contribution in [1.29, 1.82) is 0 Å². The predicted molar refractivity (Wildman–Crippen MR) is 77.1 cm³/mol. The molecule has 0 bridgehead atoms. The van der Waals surface area contributed by atoms with Crippen LogP contribution in [0.5, 0.6) is 0 Å². The van der Waals surface area contributed by atoms with Crippen LogP contribution in [0, 0.1) is 22.0 Å². The Kier molecular flexibility index (Phi) is 3.37. The van der Waals surface area contributed by atoms with Gasteiger partial charge in [-0.3, -0.25) is 10.1 Å². The smallest absolute Gasteiger partial charge is 0.293 e. The van der Waals surface area contributed by atoms with Crippen molar-refractivity contribution in [3.05, 3.63) is 28.3 Å². The summed E-state index contributed by atoms with van der Waals surface area (Å²) in [5, 5.41) is 10.9. The molecule has 2 N–H and O–H groups in total. The molecule has 2 fully saturated rings. The summed E-state index contributed by atoms with van der Waals surface area (Å²) >= 11 is 0. The molecule has 1 heterocycles. The maximum absolute atomic E-state index is 12.6. The molecule has 1 aromatic rings. The molecule has 3 rings (SSSR count). The second kappa shape index (κ2) is 4.96.